The maximum Gasteiger partial charge on any atom is 0.335 e. The number of halogens is 2. The number of esters is 2. The number of fused-ring (bicyclic) bond motifs is 3. The SMILES string of the molecule is COC(=O)C1=CC2(C/C(=C\c3coc4ccc(F)cc4c3=O)C(=O)OC)C(=O)c3cc(F)ccc3OC2OC1. The number of Topliss-reactive ketones (excluding diaryl/α,β-unsaturated/α-hetero) is 1. The first-order valence-corrected chi connectivity index (χ1v) is 11.6. The number of ether oxygens (including phenoxy) is 4. The molecule has 2 atom stereocenters. The van der Waals surface area contributed by atoms with E-state index in [4.69, 9.17) is 23.4 Å². The highest BCUT2D eigenvalue weighted by Crippen LogP contribution is 2.47. The molecule has 0 aliphatic carbocycles. The van der Waals surface area contributed by atoms with Crippen LogP contribution >= 0.6 is 0 Å². The molecule has 0 fully saturated rings. The van der Waals surface area contributed by atoms with Crippen molar-refractivity contribution in [1.82, 2.24) is 0 Å². The molecule has 0 spiro atoms. The Labute approximate surface area is 219 Å². The molecule has 0 bridgehead atoms. The molecule has 0 N–H and O–H groups in total. The summed E-state index contributed by atoms with van der Waals surface area (Å²) in [7, 11) is 2.24. The van der Waals surface area contributed by atoms with Crippen LogP contribution < -0.4 is 10.2 Å². The quantitative estimate of drug-likeness (QED) is 0.354. The summed E-state index contributed by atoms with van der Waals surface area (Å²) < 4.78 is 54.7. The molecule has 0 saturated carbocycles. The molecule has 3 aromatic rings. The van der Waals surface area contributed by atoms with Gasteiger partial charge in [-0.05, 0) is 42.5 Å². The fourth-order valence-corrected chi connectivity index (χ4v) is 4.69. The Morgan fingerprint density at radius 2 is 1.82 bits per heavy atom. The second-order valence-corrected chi connectivity index (χ2v) is 8.93. The average Bonchev–Trinajstić information content (AvgIpc) is 2.94. The fraction of sp³-hybridized carbons (Fsp3) is 0.214. The monoisotopic (exact) mass is 538 g/mol. The van der Waals surface area contributed by atoms with Gasteiger partial charge in [0.1, 0.15) is 34.6 Å². The highest BCUT2D eigenvalue weighted by molar-refractivity contribution is 6.08. The Morgan fingerprint density at radius 3 is 2.56 bits per heavy atom. The van der Waals surface area contributed by atoms with Crippen LogP contribution in [0.4, 0.5) is 8.78 Å². The van der Waals surface area contributed by atoms with Crippen LogP contribution in [-0.4, -0.2) is 44.8 Å². The molecule has 3 heterocycles. The van der Waals surface area contributed by atoms with Gasteiger partial charge in [0.2, 0.25) is 6.29 Å². The summed E-state index contributed by atoms with van der Waals surface area (Å²) in [5, 5.41) is -0.0700. The fourth-order valence-electron chi connectivity index (χ4n) is 4.69. The summed E-state index contributed by atoms with van der Waals surface area (Å²) in [5.41, 5.74) is -2.88. The van der Waals surface area contributed by atoms with Crippen molar-refractivity contribution < 1.29 is 46.5 Å². The number of hydrogen-bond acceptors (Lipinski definition) is 9. The number of hydrogen-bond donors (Lipinski definition) is 0. The Bertz CT molecular complexity index is 1650. The van der Waals surface area contributed by atoms with Gasteiger partial charge in [0.25, 0.3) is 0 Å². The van der Waals surface area contributed by atoms with Gasteiger partial charge >= 0.3 is 11.9 Å². The molecule has 11 heteroatoms. The molecule has 5 rings (SSSR count). The van der Waals surface area contributed by atoms with E-state index in [1.807, 2.05) is 0 Å². The first-order chi connectivity index (χ1) is 18.7. The van der Waals surface area contributed by atoms with Crippen LogP contribution in [-0.2, 0) is 23.8 Å². The third kappa shape index (κ3) is 4.50. The van der Waals surface area contributed by atoms with Crippen LogP contribution in [0.25, 0.3) is 17.0 Å². The molecule has 2 aliphatic rings. The molecule has 200 valence electrons. The second-order valence-electron chi connectivity index (χ2n) is 8.93. The minimum absolute atomic E-state index is 0.0320. The van der Waals surface area contributed by atoms with E-state index < -0.39 is 52.9 Å². The Kier molecular flexibility index (Phi) is 6.61. The normalized spacial score (nSPS) is 20.4. The number of methoxy groups -OCH3 is 2. The van der Waals surface area contributed by atoms with Crippen LogP contribution in [0, 0.1) is 17.0 Å². The molecule has 2 unspecified atom stereocenters. The van der Waals surface area contributed by atoms with Gasteiger partial charge in [-0.1, -0.05) is 6.08 Å². The van der Waals surface area contributed by atoms with Gasteiger partial charge in [-0.3, -0.25) is 9.59 Å². The third-order valence-electron chi connectivity index (χ3n) is 6.55. The van der Waals surface area contributed by atoms with Crippen molar-refractivity contribution in [2.24, 2.45) is 5.41 Å². The number of benzene rings is 2. The maximum absolute atomic E-state index is 14.1. The lowest BCUT2D eigenvalue weighted by molar-refractivity contribution is -0.150. The smallest absolute Gasteiger partial charge is 0.335 e. The van der Waals surface area contributed by atoms with Crippen LogP contribution in [0.15, 0.2) is 69.1 Å². The summed E-state index contributed by atoms with van der Waals surface area (Å²) in [6.07, 6.45) is 1.69. The lowest BCUT2D eigenvalue weighted by Crippen LogP contribution is -2.52. The zero-order chi connectivity index (χ0) is 27.9. The molecule has 0 amide bonds. The van der Waals surface area contributed by atoms with Crippen molar-refractivity contribution in [3.05, 3.63) is 92.9 Å². The standard InChI is InChI=1S/C28H20F2O9/c1-35-25(33)14(7-15-12-37-21-5-3-17(29)8-19(21)23(15)31)10-28-11-16(26(34)36-2)13-38-27(28)39-22-6-4-18(30)9-20(22)24(28)32/h3-9,11-12,27H,10,13H2,1-2H3/b14-7+. The van der Waals surface area contributed by atoms with Crippen LogP contribution in [0.1, 0.15) is 22.3 Å². The van der Waals surface area contributed by atoms with Gasteiger partial charge < -0.3 is 23.4 Å². The minimum atomic E-state index is -1.86. The van der Waals surface area contributed by atoms with E-state index in [2.05, 4.69) is 0 Å². The topological polar surface area (TPSA) is 118 Å². The van der Waals surface area contributed by atoms with Crippen LogP contribution in [0.2, 0.25) is 0 Å². The summed E-state index contributed by atoms with van der Waals surface area (Å²) in [4.78, 5) is 52.3. The number of carbonyl (C=O) groups is 3. The molecule has 2 aromatic carbocycles. The molecule has 1 aromatic heterocycles. The van der Waals surface area contributed by atoms with Crippen LogP contribution in [0.5, 0.6) is 5.75 Å². The summed E-state index contributed by atoms with van der Waals surface area (Å²) in [6.45, 7) is -0.264. The third-order valence-corrected chi connectivity index (χ3v) is 6.55. The van der Waals surface area contributed by atoms with E-state index in [0.29, 0.717) is 0 Å². The van der Waals surface area contributed by atoms with Gasteiger partial charge in [-0.25, -0.2) is 18.4 Å². The maximum atomic E-state index is 14.1. The van der Waals surface area contributed by atoms with E-state index in [-0.39, 0.29) is 45.6 Å². The number of rotatable bonds is 5. The van der Waals surface area contributed by atoms with Crippen LogP contribution in [0.3, 0.4) is 0 Å². The predicted octanol–water partition coefficient (Wildman–Crippen LogP) is 3.74. The van der Waals surface area contributed by atoms with Gasteiger partial charge in [0.15, 0.2) is 11.2 Å². The molecular weight excluding hydrogens is 518 g/mol. The van der Waals surface area contributed by atoms with Crippen molar-refractivity contribution in [2.45, 2.75) is 12.7 Å². The highest BCUT2D eigenvalue weighted by Gasteiger charge is 2.54. The van der Waals surface area contributed by atoms with E-state index in [1.54, 1.807) is 0 Å². The molecule has 0 saturated heterocycles. The molecule has 2 aliphatic heterocycles. The van der Waals surface area contributed by atoms with Crippen molar-refractivity contribution >= 4 is 34.8 Å². The van der Waals surface area contributed by atoms with Gasteiger partial charge in [0, 0.05) is 12.0 Å². The lowest BCUT2D eigenvalue weighted by Gasteiger charge is -2.43. The molecular formula is C28H20F2O9. The highest BCUT2D eigenvalue weighted by atomic mass is 19.1. The zero-order valence-electron chi connectivity index (χ0n) is 20.6. The van der Waals surface area contributed by atoms with Crippen molar-refractivity contribution in [2.75, 3.05) is 20.8 Å². The van der Waals surface area contributed by atoms with Crippen molar-refractivity contribution in [3.63, 3.8) is 0 Å². The first kappa shape index (κ1) is 26.0. The molecule has 0 radical (unpaired) electrons. The Hall–Kier alpha value is -4.64. The average molecular weight is 538 g/mol. The Balaban J connectivity index is 1.69. The number of carbonyl (C=O) groups excluding carboxylic acids is 3. The van der Waals surface area contributed by atoms with E-state index in [1.165, 1.54) is 18.2 Å². The van der Waals surface area contributed by atoms with E-state index in [9.17, 15) is 28.0 Å². The van der Waals surface area contributed by atoms with Gasteiger partial charge in [-0.15, -0.1) is 0 Å². The summed E-state index contributed by atoms with van der Waals surface area (Å²) >= 11 is 0. The summed E-state index contributed by atoms with van der Waals surface area (Å²) in [5.74, 6) is -3.72. The van der Waals surface area contributed by atoms with Gasteiger partial charge in [-0.2, -0.15) is 0 Å². The zero-order valence-corrected chi connectivity index (χ0v) is 20.6. The Morgan fingerprint density at radius 1 is 1.08 bits per heavy atom. The summed E-state index contributed by atoms with van der Waals surface area (Å²) in [6, 6.07) is 6.77. The number of ketones is 1. The molecule has 9 nitrogen and oxygen atoms in total. The molecule has 39 heavy (non-hydrogen) atoms. The second kappa shape index (κ2) is 9.91. The largest absolute Gasteiger partial charge is 0.466 e. The van der Waals surface area contributed by atoms with Crippen molar-refractivity contribution in [3.8, 4) is 5.75 Å². The van der Waals surface area contributed by atoms with Crippen molar-refractivity contribution in [1.29, 1.82) is 0 Å². The minimum Gasteiger partial charge on any atom is -0.466 e. The first-order valence-electron chi connectivity index (χ1n) is 11.6. The predicted molar refractivity (Wildman–Crippen MR) is 131 cm³/mol. The van der Waals surface area contributed by atoms with Gasteiger partial charge in [0.05, 0.1) is 42.9 Å². The lowest BCUT2D eigenvalue weighted by atomic mass is 9.70. The van der Waals surface area contributed by atoms with E-state index in [0.717, 1.165) is 50.8 Å². The van der Waals surface area contributed by atoms with E-state index >= 15 is 0 Å².